The molecule has 0 fully saturated rings. The van der Waals surface area contributed by atoms with Crippen molar-refractivity contribution in [1.82, 2.24) is 58.8 Å². The molecule has 0 unspecified atom stereocenters. The summed E-state index contributed by atoms with van der Waals surface area (Å²) in [4.78, 5) is 20.8. The van der Waals surface area contributed by atoms with Crippen molar-refractivity contribution < 1.29 is 548 Å². The van der Waals surface area contributed by atoms with Crippen LogP contribution in [0.15, 0.2) is 0 Å². The minimum atomic E-state index is -4.94. The van der Waals surface area contributed by atoms with Crippen molar-refractivity contribution in [2.45, 2.75) is 0 Å². The van der Waals surface area contributed by atoms with Gasteiger partial charge < -0.3 is 267 Å². The average Bonchev–Trinajstić information content (AvgIpc) is 1.25. The summed E-state index contributed by atoms with van der Waals surface area (Å²) in [6.45, 7) is 8.97. The summed E-state index contributed by atoms with van der Waals surface area (Å²) in [5.41, 5.74) is 0. The van der Waals surface area contributed by atoms with Gasteiger partial charge in [0.05, 0.1) is 0 Å². The number of aliphatic hydroxyl groups excluding tert-OH is 4. The molecule has 0 bridgehead atoms. The zero-order chi connectivity index (χ0) is 93.9. The van der Waals surface area contributed by atoms with Crippen molar-refractivity contribution in [3.8, 4) is 0 Å². The fourth-order valence-electron chi connectivity index (χ4n) is 5.08. The molecule has 0 aliphatic heterocycles. The predicted octanol–water partition coefficient (Wildman–Crippen LogP) is -46.9. The van der Waals surface area contributed by atoms with Gasteiger partial charge in [-0.2, -0.15) is 0 Å². The van der Waals surface area contributed by atoms with Crippen LogP contribution >= 0.6 is 0 Å². The van der Waals surface area contributed by atoms with E-state index in [1.165, 1.54) is 0 Å². The zero-order valence-corrected chi connectivity index (χ0v) is 105. The van der Waals surface area contributed by atoms with Crippen molar-refractivity contribution >= 4 is 0 Å². The van der Waals surface area contributed by atoms with Gasteiger partial charge in [-0.05, 0) is 242 Å². The average molecular weight is 2580 g/mol. The van der Waals surface area contributed by atoms with Crippen LogP contribution in [0.4, 0.5) is 0 Å². The first kappa shape index (κ1) is 295. The largest absolute Gasteiger partial charge is 4.00 e. The van der Waals surface area contributed by atoms with Gasteiger partial charge in [-0.15, -0.1) is 179 Å². The van der Waals surface area contributed by atoms with Crippen LogP contribution in [0.25, 0.3) is 0 Å². The molecular weight excluding hydrogens is 2430 g/mol. The summed E-state index contributed by atoms with van der Waals surface area (Å²) < 4.78 is 67.9. The molecule has 0 aromatic heterocycles. The van der Waals surface area contributed by atoms with Crippen LogP contribution in [0.3, 0.4) is 0 Å². The van der Waals surface area contributed by atoms with E-state index in [-0.39, 0.29) is 506 Å². The number of likely N-dealkylation sites (N-methyl/N-ethyl adjacent to an activating group) is 12. The minimum absolute atomic E-state index is 0. The zero-order valence-electron chi connectivity index (χ0n) is 83.2. The van der Waals surface area contributed by atoms with E-state index < -0.39 is 20.5 Å². The van der Waals surface area contributed by atoms with E-state index in [0.29, 0.717) is 157 Å². The van der Waals surface area contributed by atoms with Gasteiger partial charge in [0, 0.05) is 28.4 Å². The number of hydrogen-bond donors (Lipinski definition) is 4. The first-order valence-corrected chi connectivity index (χ1v) is 37.4. The van der Waals surface area contributed by atoms with Crippen LogP contribution in [0.2, 0.25) is 0 Å². The van der Waals surface area contributed by atoms with Crippen molar-refractivity contribution in [3.63, 3.8) is 0 Å². The Bertz CT molecular complexity index is 1100. The maximum Gasteiger partial charge on any atom is 4.00 e. The van der Waals surface area contributed by atoms with Crippen LogP contribution in [0.1, 0.15) is 0 Å². The summed E-state index contributed by atoms with van der Waals surface area (Å²) in [6, 6.07) is 0. The summed E-state index contributed by atoms with van der Waals surface area (Å²) in [5.74, 6) is 0. The molecule has 0 aliphatic carbocycles. The molecule has 828 valence electrons. The smallest absolute Gasteiger partial charge is 2.00 e. The molecule has 0 aliphatic rings. The normalized spacial score (nSPS) is 8.23. The van der Waals surface area contributed by atoms with Crippen LogP contribution in [0.5, 0.6) is 0 Å². The molecule has 0 aromatic carbocycles. The van der Waals surface area contributed by atoms with Crippen molar-refractivity contribution in [1.29, 1.82) is 0 Å². The first-order chi connectivity index (χ1) is 53.7. The van der Waals surface area contributed by atoms with Crippen LogP contribution < -0.4 is 219 Å². The molecule has 60 nitrogen and oxygen atoms in total. The Kier molecular flexibility index (Phi) is 611. The third-order valence-electron chi connectivity index (χ3n) is 11.4. The fourth-order valence-corrected chi connectivity index (χ4v) is 5.08. The van der Waals surface area contributed by atoms with Gasteiger partial charge >= 0.3 is 282 Å². The van der Waals surface area contributed by atoms with Gasteiger partial charge in [-0.25, -0.2) is 37.3 Å². The van der Waals surface area contributed by atoms with Gasteiger partial charge in [0.2, 0.25) is 0 Å². The van der Waals surface area contributed by atoms with E-state index in [2.05, 4.69) is 0 Å². The van der Waals surface area contributed by atoms with Crippen molar-refractivity contribution in [2.24, 2.45) is 0 Å². The van der Waals surface area contributed by atoms with E-state index in [1.54, 1.807) is 143 Å². The molecule has 76 heteroatoms. The Balaban J connectivity index is -0.0000000166. The van der Waals surface area contributed by atoms with Gasteiger partial charge in [-0.3, -0.25) is 0 Å². The number of halogens is 2. The quantitative estimate of drug-likeness (QED) is 0.0411. The SMILES string of the molecule is CN(CC[O-])CC[O-].CN(CC[O-])CC[O-].CN(CC[O-])CC[O-].CN(CC[O-])CC[O-].CN(CC[O-])CC[O-].CN(CC[O-])CC[O-].CN(CC[O-])CC[O-].CN(CC[O-])CC[O-].CN(CC[O-])CC[O-].CN(CC[O-])CC[O-].CN(CC[O-])CC[O-].CN(CC[O-])CC[O-].CO.CO.CO.CO.[Na+].[Na+].[O-2].[O-2].[O-2].[O-2].[O-2].[O-2].[O-2].[O-2].[O-2].[O-2].[O-2].[O-2].[O-][Cl+3]([O-])([O-])[O-].[O-][Cl+3]([O-])([O-])[O-].[V+4].[V+4].[V+4].[V+4].[V+4].[V+4].[V+4].[V+4].[V+4].[V+4].[V+4].[V+4]. The molecule has 0 heterocycles. The summed E-state index contributed by atoms with van der Waals surface area (Å²) in [5, 5.41) is 265. The maximum atomic E-state index is 9.87. The minimum Gasteiger partial charge on any atom is -2.00 e. The van der Waals surface area contributed by atoms with Gasteiger partial charge in [0.15, 0.2) is 0 Å². The second kappa shape index (κ2) is 289. The standard InChI is InChI=1S/12C5H11NO2.4CH4O.2ClHO4.2Na.12O.12V/c12*1-6(2-4-7)3-5-8;4*1-2;2*2-1(3,4)5;;;;;;;;;;;;;;;;;;;;;;;;;;/h12*2-5H2,1H3;4*2H,1H3;2*(H,2,3,4,5);;;;;;;;;;;;;;;;;;;;;;;;;;/q12*-2;;;;;;;2*+1;12*-2;12*+4/p-2. The molecular formula is C64H148Cl2N12Na2O48V12. The topological polar surface area (TPSA) is 1200 Å². The van der Waals surface area contributed by atoms with Crippen LogP contribution in [-0.2, 0) is 288 Å². The van der Waals surface area contributed by atoms with Gasteiger partial charge in [0.25, 0.3) is 0 Å². The number of nitrogens with zero attached hydrogens (tertiary/aromatic N) is 12. The monoisotopic (exact) mass is 2580 g/mol. The number of aliphatic hydroxyl groups is 4. The molecule has 0 saturated carbocycles. The molecule has 12 radical (unpaired) electrons. The third kappa shape index (κ3) is 481. The molecule has 140 heavy (non-hydrogen) atoms. The predicted molar refractivity (Wildman–Crippen MR) is 368 cm³/mol. The Hall–Kier alpha value is 7.19. The van der Waals surface area contributed by atoms with E-state index in [1.807, 2.05) is 0 Å². The summed E-state index contributed by atoms with van der Waals surface area (Å²) >= 11 is 0. The molecule has 4 N–H and O–H groups in total. The second-order valence-electron chi connectivity index (χ2n) is 21.3. The Labute approximate surface area is 1020 Å². The maximum absolute atomic E-state index is 9.87. The fraction of sp³-hybridized carbons (Fsp3) is 1.00. The third-order valence-corrected chi connectivity index (χ3v) is 11.4. The molecule has 0 amide bonds. The number of hydrogen-bond acceptors (Lipinski definition) is 48. The van der Waals surface area contributed by atoms with Gasteiger partial charge in [0.1, 0.15) is 0 Å². The Morgan fingerprint density at radius 2 is 0.143 bits per heavy atom. The first-order valence-electron chi connectivity index (χ1n) is 34.9. The second-order valence-corrected chi connectivity index (χ2v) is 22.8. The van der Waals surface area contributed by atoms with E-state index in [9.17, 15) is 123 Å². The van der Waals surface area contributed by atoms with Crippen molar-refractivity contribution in [3.05, 3.63) is 0 Å². The molecule has 0 atom stereocenters. The molecule has 0 spiro atoms. The molecule has 0 aromatic rings. The number of rotatable bonds is 48. The van der Waals surface area contributed by atoms with Crippen LogP contribution in [0, 0.1) is 20.5 Å². The summed E-state index contributed by atoms with van der Waals surface area (Å²) in [6.07, 6.45) is 0. The van der Waals surface area contributed by atoms with E-state index in [4.69, 9.17) is 57.7 Å². The molecule has 0 saturated heterocycles. The Morgan fingerprint density at radius 1 is 0.121 bits per heavy atom. The van der Waals surface area contributed by atoms with Gasteiger partial charge in [-0.1, -0.05) is 0 Å². The summed E-state index contributed by atoms with van der Waals surface area (Å²) in [7, 11) is 15.4. The van der Waals surface area contributed by atoms with E-state index in [0.717, 1.165) is 28.4 Å². The van der Waals surface area contributed by atoms with Crippen LogP contribution in [-0.4, -0.2) is 508 Å². The molecule has 0 rings (SSSR count). The van der Waals surface area contributed by atoms with E-state index >= 15 is 0 Å². The Morgan fingerprint density at radius 3 is 0.157 bits per heavy atom. The van der Waals surface area contributed by atoms with Crippen molar-refractivity contribution in [2.75, 3.05) is 429 Å².